The van der Waals surface area contributed by atoms with Gasteiger partial charge in [-0.1, -0.05) is 35.7 Å². The lowest BCUT2D eigenvalue weighted by molar-refractivity contribution is -0.109. The molecule has 0 spiro atoms. The lowest BCUT2D eigenvalue weighted by atomic mass is 10.0. The molecule has 0 aliphatic heterocycles. The van der Waals surface area contributed by atoms with Crippen molar-refractivity contribution in [3.63, 3.8) is 0 Å². The summed E-state index contributed by atoms with van der Waals surface area (Å²) in [5.41, 5.74) is 1.48. The van der Waals surface area contributed by atoms with Crippen molar-refractivity contribution in [2.75, 3.05) is 5.75 Å². The van der Waals surface area contributed by atoms with E-state index in [4.69, 9.17) is 5.11 Å². The zero-order chi connectivity index (χ0) is 13.5. The lowest BCUT2D eigenvalue weighted by Crippen LogP contribution is -2.02. The Kier molecular flexibility index (Phi) is 5.47. The Morgan fingerprint density at radius 1 is 1.39 bits per heavy atom. The number of carboxylic acid groups (broad SMARTS) is 1. The van der Waals surface area contributed by atoms with Crippen LogP contribution in [0.4, 0.5) is 0 Å². The van der Waals surface area contributed by atoms with Gasteiger partial charge in [0.2, 0.25) is 0 Å². The quantitative estimate of drug-likeness (QED) is 0.672. The van der Waals surface area contributed by atoms with Gasteiger partial charge in [-0.3, -0.25) is 4.79 Å². The zero-order valence-corrected chi connectivity index (χ0v) is 11.1. The third-order valence-electron chi connectivity index (χ3n) is 2.24. The van der Waals surface area contributed by atoms with Crippen molar-refractivity contribution in [2.24, 2.45) is 0 Å². The predicted octanol–water partition coefficient (Wildman–Crippen LogP) is 2.71. The second-order valence-corrected chi connectivity index (χ2v) is 4.97. The molecule has 0 aromatic heterocycles. The van der Waals surface area contributed by atoms with Crippen molar-refractivity contribution in [1.82, 2.24) is 0 Å². The molecule has 0 atom stereocenters. The van der Waals surface area contributed by atoms with Crippen LogP contribution in [0.5, 0.6) is 0 Å². The molecule has 0 heterocycles. The zero-order valence-electron chi connectivity index (χ0n) is 10.3. The number of rotatable bonds is 3. The molecule has 4 heteroatoms. The van der Waals surface area contributed by atoms with Gasteiger partial charge in [-0.25, -0.2) is 4.79 Å². The van der Waals surface area contributed by atoms with E-state index in [-0.39, 0.29) is 10.7 Å². The van der Waals surface area contributed by atoms with Crippen molar-refractivity contribution in [1.29, 1.82) is 0 Å². The van der Waals surface area contributed by atoms with E-state index >= 15 is 0 Å². The van der Waals surface area contributed by atoms with Crippen LogP contribution in [0, 0.1) is 18.8 Å². The molecule has 0 bridgehead atoms. The molecule has 0 aliphatic carbocycles. The third kappa shape index (κ3) is 4.27. The summed E-state index contributed by atoms with van der Waals surface area (Å²) in [7, 11) is 0. The molecule has 0 saturated heterocycles. The maximum atomic E-state index is 11.1. The van der Waals surface area contributed by atoms with Gasteiger partial charge in [-0.05, 0) is 18.6 Å². The van der Waals surface area contributed by atoms with Gasteiger partial charge < -0.3 is 5.11 Å². The number of hydrogen-bond acceptors (Lipinski definition) is 3. The van der Waals surface area contributed by atoms with Crippen LogP contribution in [0.25, 0.3) is 0 Å². The Bertz CT molecular complexity index is 524. The molecule has 1 aromatic carbocycles. The van der Waals surface area contributed by atoms with E-state index in [0.717, 1.165) is 0 Å². The first-order chi connectivity index (χ1) is 8.52. The topological polar surface area (TPSA) is 54.4 Å². The van der Waals surface area contributed by atoms with Crippen LogP contribution in [0.3, 0.4) is 0 Å². The highest BCUT2D eigenvalue weighted by Crippen LogP contribution is 2.13. The SMILES string of the molecule is CC(=O)SCCC#Cc1cccc(C)c1C(=O)O. The van der Waals surface area contributed by atoms with Crippen LogP contribution in [0.1, 0.15) is 34.8 Å². The minimum absolute atomic E-state index is 0.0681. The van der Waals surface area contributed by atoms with Gasteiger partial charge in [0.1, 0.15) is 0 Å². The van der Waals surface area contributed by atoms with Crippen LogP contribution in [-0.2, 0) is 4.79 Å². The molecule has 1 N–H and O–H groups in total. The Morgan fingerprint density at radius 2 is 2.11 bits per heavy atom. The van der Waals surface area contributed by atoms with Crippen molar-refractivity contribution >= 4 is 22.8 Å². The highest BCUT2D eigenvalue weighted by Gasteiger charge is 2.10. The van der Waals surface area contributed by atoms with Gasteiger partial charge in [-0.15, -0.1) is 0 Å². The predicted molar refractivity (Wildman–Crippen MR) is 72.8 cm³/mol. The number of carbonyl (C=O) groups is 2. The smallest absolute Gasteiger partial charge is 0.337 e. The molecule has 0 fully saturated rings. The summed E-state index contributed by atoms with van der Waals surface area (Å²) in [5, 5.41) is 9.17. The maximum Gasteiger partial charge on any atom is 0.337 e. The fourth-order valence-electron chi connectivity index (χ4n) is 1.46. The van der Waals surface area contributed by atoms with E-state index in [2.05, 4.69) is 11.8 Å². The van der Waals surface area contributed by atoms with Crippen LogP contribution in [0.15, 0.2) is 18.2 Å². The van der Waals surface area contributed by atoms with Gasteiger partial charge >= 0.3 is 5.97 Å². The van der Waals surface area contributed by atoms with Crippen LogP contribution < -0.4 is 0 Å². The van der Waals surface area contributed by atoms with Gasteiger partial charge in [0.15, 0.2) is 5.12 Å². The summed E-state index contributed by atoms with van der Waals surface area (Å²) in [6, 6.07) is 5.23. The summed E-state index contributed by atoms with van der Waals surface area (Å²) < 4.78 is 0. The maximum absolute atomic E-state index is 11.1. The van der Waals surface area contributed by atoms with E-state index in [1.54, 1.807) is 25.1 Å². The van der Waals surface area contributed by atoms with Crippen molar-refractivity contribution in [3.8, 4) is 11.8 Å². The third-order valence-corrected chi connectivity index (χ3v) is 3.06. The molecule has 0 saturated carbocycles. The Morgan fingerprint density at radius 3 is 2.72 bits per heavy atom. The summed E-state index contributed by atoms with van der Waals surface area (Å²) in [4.78, 5) is 21.8. The number of thioether (sulfide) groups is 1. The molecule has 94 valence electrons. The molecule has 1 aromatic rings. The largest absolute Gasteiger partial charge is 0.478 e. The Hall–Kier alpha value is -1.73. The molecule has 0 radical (unpaired) electrons. The molecule has 18 heavy (non-hydrogen) atoms. The van der Waals surface area contributed by atoms with Crippen LogP contribution >= 0.6 is 11.8 Å². The highest BCUT2D eigenvalue weighted by molar-refractivity contribution is 8.13. The van der Waals surface area contributed by atoms with E-state index in [1.807, 2.05) is 0 Å². The fourth-order valence-corrected chi connectivity index (χ4v) is 1.95. The molecule has 0 aliphatic rings. The average molecular weight is 262 g/mol. The summed E-state index contributed by atoms with van der Waals surface area (Å²) in [6.07, 6.45) is 0.567. The number of carbonyl (C=O) groups excluding carboxylic acids is 1. The van der Waals surface area contributed by atoms with E-state index in [0.29, 0.717) is 23.3 Å². The second kappa shape index (κ2) is 6.87. The minimum atomic E-state index is -0.962. The standard InChI is InChI=1S/C14H14O3S/c1-10-6-5-8-12(13(10)14(16)17)7-3-4-9-18-11(2)15/h5-6,8H,4,9H2,1-2H3,(H,16,17). The van der Waals surface area contributed by atoms with Crippen molar-refractivity contribution < 1.29 is 14.7 Å². The number of hydrogen-bond donors (Lipinski definition) is 1. The van der Waals surface area contributed by atoms with Gasteiger partial charge in [0.25, 0.3) is 0 Å². The number of carboxylic acids is 1. The molecule has 1 rings (SSSR count). The van der Waals surface area contributed by atoms with Gasteiger partial charge in [-0.2, -0.15) is 0 Å². The normalized spacial score (nSPS) is 9.44. The fraction of sp³-hybridized carbons (Fsp3) is 0.286. The van der Waals surface area contributed by atoms with E-state index < -0.39 is 5.97 Å². The van der Waals surface area contributed by atoms with E-state index in [1.165, 1.54) is 18.7 Å². The first kappa shape index (κ1) is 14.3. The minimum Gasteiger partial charge on any atom is -0.478 e. The highest BCUT2D eigenvalue weighted by atomic mass is 32.2. The van der Waals surface area contributed by atoms with Crippen molar-refractivity contribution in [3.05, 3.63) is 34.9 Å². The molecular weight excluding hydrogens is 248 g/mol. The summed E-state index contributed by atoms with van der Waals surface area (Å²) >= 11 is 1.22. The molecule has 0 amide bonds. The number of aromatic carboxylic acids is 1. The van der Waals surface area contributed by atoms with Gasteiger partial charge in [0, 0.05) is 24.7 Å². The average Bonchev–Trinajstić information content (AvgIpc) is 2.27. The molecular formula is C14H14O3S. The number of benzene rings is 1. The summed E-state index contributed by atoms with van der Waals surface area (Å²) in [6.45, 7) is 3.27. The van der Waals surface area contributed by atoms with Gasteiger partial charge in [0.05, 0.1) is 5.56 Å². The Labute approximate surface area is 111 Å². The molecule has 0 unspecified atom stereocenters. The Balaban J connectivity index is 2.79. The van der Waals surface area contributed by atoms with Crippen LogP contribution in [0.2, 0.25) is 0 Å². The monoisotopic (exact) mass is 262 g/mol. The first-order valence-electron chi connectivity index (χ1n) is 5.47. The van der Waals surface area contributed by atoms with Crippen LogP contribution in [-0.4, -0.2) is 21.9 Å². The summed E-state index contributed by atoms with van der Waals surface area (Å²) in [5.74, 6) is 5.42. The van der Waals surface area contributed by atoms with E-state index in [9.17, 15) is 9.59 Å². The molecule has 3 nitrogen and oxygen atoms in total. The number of aryl methyl sites for hydroxylation is 1. The van der Waals surface area contributed by atoms with Crippen molar-refractivity contribution in [2.45, 2.75) is 20.3 Å². The first-order valence-corrected chi connectivity index (χ1v) is 6.46. The second-order valence-electron chi connectivity index (χ2n) is 3.69. The lowest BCUT2D eigenvalue weighted by Gasteiger charge is -2.02.